The number of carbonyl (C=O) groups excluding carboxylic acids is 2. The summed E-state index contributed by atoms with van der Waals surface area (Å²) >= 11 is 1.54. The molecule has 2 aromatic carbocycles. The Balaban J connectivity index is 1.48. The first-order valence-electron chi connectivity index (χ1n) is 9.77. The van der Waals surface area contributed by atoms with E-state index in [4.69, 9.17) is 0 Å². The molecule has 1 aromatic heterocycles. The van der Waals surface area contributed by atoms with Gasteiger partial charge in [-0.2, -0.15) is 0 Å². The fraction of sp³-hybridized carbons (Fsp3) is 0.318. The second kappa shape index (κ2) is 10.1. The molecule has 0 spiro atoms. The van der Waals surface area contributed by atoms with Gasteiger partial charge in [0.25, 0.3) is 5.91 Å². The minimum absolute atomic E-state index is 0.0428. The molecule has 1 unspecified atom stereocenters. The number of fused-ring (bicyclic) bond motifs is 1. The predicted octanol–water partition coefficient (Wildman–Crippen LogP) is 3.81. The number of aromatic nitrogens is 2. The van der Waals surface area contributed by atoms with Crippen molar-refractivity contribution >= 4 is 34.6 Å². The van der Waals surface area contributed by atoms with Crippen LogP contribution in [-0.2, 0) is 11.3 Å². The molecule has 152 valence electrons. The Morgan fingerprint density at radius 1 is 1.14 bits per heavy atom. The molecule has 6 nitrogen and oxygen atoms in total. The molecule has 0 saturated carbocycles. The van der Waals surface area contributed by atoms with E-state index < -0.39 is 0 Å². The number of hydrogen-bond donors (Lipinski definition) is 3. The van der Waals surface area contributed by atoms with Gasteiger partial charge in [0.1, 0.15) is 5.82 Å². The first kappa shape index (κ1) is 20.9. The van der Waals surface area contributed by atoms with Gasteiger partial charge < -0.3 is 15.6 Å². The molecule has 0 bridgehead atoms. The Hall–Kier alpha value is -2.80. The summed E-state index contributed by atoms with van der Waals surface area (Å²) in [7, 11) is 0. The number of para-hydroxylation sites is 2. The van der Waals surface area contributed by atoms with Crippen LogP contribution in [0.1, 0.15) is 47.3 Å². The summed E-state index contributed by atoms with van der Waals surface area (Å²) in [5.74, 6) is 1.08. The van der Waals surface area contributed by atoms with Gasteiger partial charge in [0, 0.05) is 18.7 Å². The summed E-state index contributed by atoms with van der Waals surface area (Å²) in [6.45, 7) is 5.10. The van der Waals surface area contributed by atoms with Gasteiger partial charge in [0.05, 0.1) is 22.0 Å². The Morgan fingerprint density at radius 3 is 2.76 bits per heavy atom. The maximum atomic E-state index is 12.2. The number of amides is 2. The topological polar surface area (TPSA) is 86.9 Å². The second-order valence-corrected chi connectivity index (χ2v) is 8.15. The maximum Gasteiger partial charge on any atom is 0.251 e. The van der Waals surface area contributed by atoms with Gasteiger partial charge in [-0.05, 0) is 43.2 Å². The number of thioether (sulfide) groups is 1. The lowest BCUT2D eigenvalue weighted by Gasteiger charge is -2.10. The number of rotatable bonds is 9. The highest BCUT2D eigenvalue weighted by Gasteiger charge is 2.13. The van der Waals surface area contributed by atoms with E-state index in [1.54, 1.807) is 6.07 Å². The molecule has 3 N–H and O–H groups in total. The molecule has 29 heavy (non-hydrogen) atoms. The summed E-state index contributed by atoms with van der Waals surface area (Å²) in [4.78, 5) is 32.2. The highest BCUT2D eigenvalue weighted by Crippen LogP contribution is 2.27. The van der Waals surface area contributed by atoms with Crippen LogP contribution in [0.2, 0.25) is 0 Å². The van der Waals surface area contributed by atoms with Crippen LogP contribution in [0.15, 0.2) is 48.5 Å². The predicted molar refractivity (Wildman–Crippen MR) is 118 cm³/mol. The zero-order valence-electron chi connectivity index (χ0n) is 16.7. The summed E-state index contributed by atoms with van der Waals surface area (Å²) in [5.41, 5.74) is 3.44. The summed E-state index contributed by atoms with van der Waals surface area (Å²) in [6.07, 6.45) is 0.894. The SMILES string of the molecule is CCCNC(=O)c1cccc(CNC(=O)CSC(C)c2nc3ccccc3[nH]2)c1. The molecule has 0 aliphatic carbocycles. The van der Waals surface area contributed by atoms with Gasteiger partial charge >= 0.3 is 0 Å². The summed E-state index contributed by atoms with van der Waals surface area (Å²) in [5, 5.41) is 5.86. The highest BCUT2D eigenvalue weighted by atomic mass is 32.2. The van der Waals surface area contributed by atoms with Crippen molar-refractivity contribution in [3.63, 3.8) is 0 Å². The number of nitrogens with one attached hydrogen (secondary N) is 3. The Labute approximate surface area is 174 Å². The van der Waals surface area contributed by atoms with E-state index in [1.165, 1.54) is 11.8 Å². The smallest absolute Gasteiger partial charge is 0.251 e. The largest absolute Gasteiger partial charge is 0.352 e. The van der Waals surface area contributed by atoms with E-state index in [0.717, 1.165) is 28.8 Å². The van der Waals surface area contributed by atoms with Gasteiger partial charge in [-0.1, -0.05) is 31.2 Å². The van der Waals surface area contributed by atoms with E-state index in [-0.39, 0.29) is 17.1 Å². The molecule has 0 radical (unpaired) electrons. The summed E-state index contributed by atoms with van der Waals surface area (Å²) < 4.78 is 0. The van der Waals surface area contributed by atoms with Crippen LogP contribution in [0.25, 0.3) is 11.0 Å². The van der Waals surface area contributed by atoms with E-state index in [9.17, 15) is 9.59 Å². The molecule has 7 heteroatoms. The first-order chi connectivity index (χ1) is 14.1. The van der Waals surface area contributed by atoms with Crippen LogP contribution >= 0.6 is 11.8 Å². The van der Waals surface area contributed by atoms with Crippen molar-refractivity contribution in [3.8, 4) is 0 Å². The zero-order valence-corrected chi connectivity index (χ0v) is 17.5. The lowest BCUT2D eigenvalue weighted by atomic mass is 10.1. The van der Waals surface area contributed by atoms with Crippen LogP contribution in [0.3, 0.4) is 0 Å². The van der Waals surface area contributed by atoms with Crippen molar-refractivity contribution in [3.05, 3.63) is 65.5 Å². The van der Waals surface area contributed by atoms with Gasteiger partial charge in [-0.15, -0.1) is 11.8 Å². The second-order valence-electron chi connectivity index (χ2n) is 6.83. The molecule has 1 heterocycles. The molecule has 0 aliphatic rings. The van der Waals surface area contributed by atoms with Crippen molar-refractivity contribution in [2.45, 2.75) is 32.1 Å². The number of carbonyl (C=O) groups is 2. The van der Waals surface area contributed by atoms with Gasteiger partial charge in [-0.25, -0.2) is 4.98 Å². The van der Waals surface area contributed by atoms with Crippen LogP contribution in [0.5, 0.6) is 0 Å². The zero-order chi connectivity index (χ0) is 20.6. The van der Waals surface area contributed by atoms with E-state index in [0.29, 0.717) is 24.4 Å². The Morgan fingerprint density at radius 2 is 1.97 bits per heavy atom. The van der Waals surface area contributed by atoms with Crippen molar-refractivity contribution in [2.24, 2.45) is 0 Å². The molecular formula is C22H26N4O2S. The number of nitrogens with zero attached hydrogens (tertiary/aromatic N) is 1. The summed E-state index contributed by atoms with van der Waals surface area (Å²) in [6, 6.07) is 15.2. The lowest BCUT2D eigenvalue weighted by Crippen LogP contribution is -2.26. The van der Waals surface area contributed by atoms with Crippen LogP contribution in [0.4, 0.5) is 0 Å². The first-order valence-corrected chi connectivity index (χ1v) is 10.8. The van der Waals surface area contributed by atoms with Crippen LogP contribution in [-0.4, -0.2) is 34.1 Å². The molecule has 3 aromatic rings. The minimum atomic E-state index is -0.0877. The lowest BCUT2D eigenvalue weighted by molar-refractivity contribution is -0.118. The number of benzene rings is 2. The Kier molecular flexibility index (Phi) is 7.30. The van der Waals surface area contributed by atoms with Crippen LogP contribution < -0.4 is 10.6 Å². The van der Waals surface area contributed by atoms with E-state index in [1.807, 2.05) is 56.3 Å². The highest BCUT2D eigenvalue weighted by molar-refractivity contribution is 8.00. The molecule has 0 aliphatic heterocycles. The van der Waals surface area contributed by atoms with Gasteiger partial charge in [0.15, 0.2) is 0 Å². The number of imidazole rings is 1. The van der Waals surface area contributed by atoms with E-state index in [2.05, 4.69) is 20.6 Å². The Bertz CT molecular complexity index is 953. The van der Waals surface area contributed by atoms with Crippen molar-refractivity contribution in [2.75, 3.05) is 12.3 Å². The number of H-pyrrole nitrogens is 1. The molecule has 2 amide bonds. The van der Waals surface area contributed by atoms with Gasteiger partial charge in [-0.3, -0.25) is 9.59 Å². The van der Waals surface area contributed by atoms with Gasteiger partial charge in [0.2, 0.25) is 5.91 Å². The van der Waals surface area contributed by atoms with E-state index >= 15 is 0 Å². The third kappa shape index (κ3) is 5.84. The maximum absolute atomic E-state index is 12.2. The molecule has 3 rings (SSSR count). The van der Waals surface area contributed by atoms with Crippen molar-refractivity contribution in [1.29, 1.82) is 0 Å². The molecule has 0 fully saturated rings. The average Bonchev–Trinajstić information content (AvgIpc) is 3.19. The number of hydrogen-bond acceptors (Lipinski definition) is 4. The third-order valence-corrected chi connectivity index (χ3v) is 5.62. The minimum Gasteiger partial charge on any atom is -0.352 e. The van der Waals surface area contributed by atoms with Crippen LogP contribution in [0, 0.1) is 0 Å². The molecule has 0 saturated heterocycles. The fourth-order valence-electron chi connectivity index (χ4n) is 2.86. The average molecular weight is 411 g/mol. The normalized spacial score (nSPS) is 11.9. The third-order valence-electron chi connectivity index (χ3n) is 4.47. The quantitative estimate of drug-likeness (QED) is 0.501. The molecule has 1 atom stereocenters. The standard InChI is InChI=1S/C22H26N4O2S/c1-3-11-23-22(28)17-8-6-7-16(12-17)13-24-20(27)14-29-15(2)21-25-18-9-4-5-10-19(18)26-21/h4-10,12,15H,3,11,13-14H2,1-2H3,(H,23,28)(H,24,27)(H,25,26). The monoisotopic (exact) mass is 410 g/mol. The number of aromatic amines is 1. The van der Waals surface area contributed by atoms with Crippen molar-refractivity contribution in [1.82, 2.24) is 20.6 Å². The fourth-order valence-corrected chi connectivity index (χ4v) is 3.63. The molecular weight excluding hydrogens is 384 g/mol. The van der Waals surface area contributed by atoms with Crippen molar-refractivity contribution < 1.29 is 9.59 Å².